The summed E-state index contributed by atoms with van der Waals surface area (Å²) in [4.78, 5) is 12.1. The molecule has 4 nitrogen and oxygen atoms in total. The second-order valence-corrected chi connectivity index (χ2v) is 5.57. The van der Waals surface area contributed by atoms with Gasteiger partial charge in [-0.1, -0.05) is 31.0 Å². The molecule has 102 valence electrons. The van der Waals surface area contributed by atoms with E-state index in [9.17, 15) is 9.90 Å². The molecule has 0 spiro atoms. The molecular formula is C15H19NO3. The number of hydrogen-bond acceptors (Lipinski definition) is 3. The number of nitrogens with one attached hydrogen (secondary N) is 1. The van der Waals surface area contributed by atoms with E-state index in [1.165, 1.54) is 0 Å². The fourth-order valence-corrected chi connectivity index (χ4v) is 2.90. The van der Waals surface area contributed by atoms with E-state index in [0.717, 1.165) is 37.0 Å². The highest BCUT2D eigenvalue weighted by molar-refractivity contribution is 5.82. The van der Waals surface area contributed by atoms with Crippen LogP contribution in [-0.4, -0.2) is 29.3 Å². The van der Waals surface area contributed by atoms with Gasteiger partial charge in [0.05, 0.1) is 5.60 Å². The zero-order valence-electron chi connectivity index (χ0n) is 10.9. The van der Waals surface area contributed by atoms with Gasteiger partial charge in [0.2, 0.25) is 0 Å². The van der Waals surface area contributed by atoms with Gasteiger partial charge in [0.15, 0.2) is 6.10 Å². The lowest BCUT2D eigenvalue weighted by atomic mass is 10.0. The number of para-hydroxylation sites is 1. The van der Waals surface area contributed by atoms with Gasteiger partial charge in [-0.05, 0) is 24.5 Å². The van der Waals surface area contributed by atoms with Crippen LogP contribution in [0.25, 0.3) is 0 Å². The van der Waals surface area contributed by atoms with Gasteiger partial charge < -0.3 is 15.2 Å². The molecule has 1 saturated carbocycles. The predicted octanol–water partition coefficient (Wildman–Crippen LogP) is 1.41. The molecule has 1 fully saturated rings. The van der Waals surface area contributed by atoms with E-state index in [-0.39, 0.29) is 5.91 Å². The maximum absolute atomic E-state index is 12.1. The molecule has 1 unspecified atom stereocenters. The maximum atomic E-state index is 12.1. The van der Waals surface area contributed by atoms with Gasteiger partial charge in [0, 0.05) is 13.0 Å². The Morgan fingerprint density at radius 2 is 2.11 bits per heavy atom. The van der Waals surface area contributed by atoms with Crippen LogP contribution < -0.4 is 10.1 Å². The van der Waals surface area contributed by atoms with Crippen LogP contribution >= 0.6 is 0 Å². The van der Waals surface area contributed by atoms with Crippen molar-refractivity contribution >= 4 is 5.91 Å². The quantitative estimate of drug-likeness (QED) is 0.865. The van der Waals surface area contributed by atoms with Crippen molar-refractivity contribution in [3.63, 3.8) is 0 Å². The fourth-order valence-electron chi connectivity index (χ4n) is 2.90. The van der Waals surface area contributed by atoms with Crippen molar-refractivity contribution in [2.45, 2.75) is 43.8 Å². The lowest BCUT2D eigenvalue weighted by Crippen LogP contribution is -2.45. The van der Waals surface area contributed by atoms with Crippen LogP contribution in [0.2, 0.25) is 0 Å². The Morgan fingerprint density at radius 3 is 2.84 bits per heavy atom. The molecular weight excluding hydrogens is 242 g/mol. The first-order chi connectivity index (χ1) is 9.16. The molecule has 1 amide bonds. The minimum Gasteiger partial charge on any atom is -0.480 e. The number of ether oxygens (including phenoxy) is 1. The molecule has 1 aliphatic heterocycles. The summed E-state index contributed by atoms with van der Waals surface area (Å²) in [5.41, 5.74) is 0.364. The van der Waals surface area contributed by atoms with Gasteiger partial charge in [0.1, 0.15) is 5.75 Å². The minimum absolute atomic E-state index is 0.128. The van der Waals surface area contributed by atoms with Crippen LogP contribution in [0.1, 0.15) is 31.2 Å². The van der Waals surface area contributed by atoms with Crippen LogP contribution in [0.3, 0.4) is 0 Å². The monoisotopic (exact) mass is 261 g/mol. The first-order valence-electron chi connectivity index (χ1n) is 6.91. The highest BCUT2D eigenvalue weighted by Gasteiger charge is 2.34. The van der Waals surface area contributed by atoms with Gasteiger partial charge in [-0.15, -0.1) is 0 Å². The number of carbonyl (C=O) groups excluding carboxylic acids is 1. The maximum Gasteiger partial charge on any atom is 0.261 e. The highest BCUT2D eigenvalue weighted by atomic mass is 16.5. The number of fused-ring (bicyclic) bond motifs is 1. The zero-order valence-corrected chi connectivity index (χ0v) is 10.9. The van der Waals surface area contributed by atoms with Crippen molar-refractivity contribution in [2.75, 3.05) is 6.54 Å². The number of amides is 1. The third-order valence-corrected chi connectivity index (χ3v) is 4.07. The number of hydrogen-bond donors (Lipinski definition) is 2. The SMILES string of the molecule is O=C(NCC1(O)CCCC1)C1Cc2ccccc2O1. The van der Waals surface area contributed by atoms with Gasteiger partial charge in [0.25, 0.3) is 5.91 Å². The molecule has 19 heavy (non-hydrogen) atoms. The van der Waals surface area contributed by atoms with E-state index in [2.05, 4.69) is 5.32 Å². The molecule has 4 heteroatoms. The van der Waals surface area contributed by atoms with E-state index in [1.54, 1.807) is 0 Å². The Kier molecular flexibility index (Phi) is 3.19. The summed E-state index contributed by atoms with van der Waals surface area (Å²) in [5.74, 6) is 0.666. The minimum atomic E-state index is -0.707. The Balaban J connectivity index is 1.55. The summed E-state index contributed by atoms with van der Waals surface area (Å²) in [6.07, 6.45) is 3.79. The van der Waals surface area contributed by atoms with Crippen LogP contribution in [0, 0.1) is 0 Å². The highest BCUT2D eigenvalue weighted by Crippen LogP contribution is 2.30. The molecule has 1 heterocycles. The lowest BCUT2D eigenvalue weighted by Gasteiger charge is -2.23. The second-order valence-electron chi connectivity index (χ2n) is 5.57. The second kappa shape index (κ2) is 4.85. The number of benzene rings is 1. The average molecular weight is 261 g/mol. The Labute approximate surface area is 112 Å². The fraction of sp³-hybridized carbons (Fsp3) is 0.533. The van der Waals surface area contributed by atoms with E-state index in [0.29, 0.717) is 13.0 Å². The molecule has 3 rings (SSSR count). The summed E-state index contributed by atoms with van der Waals surface area (Å²) in [6.45, 7) is 0.335. The topological polar surface area (TPSA) is 58.6 Å². The molecule has 1 atom stereocenters. The van der Waals surface area contributed by atoms with Crippen LogP contribution in [-0.2, 0) is 11.2 Å². The van der Waals surface area contributed by atoms with Crippen molar-refractivity contribution in [3.05, 3.63) is 29.8 Å². The Bertz CT molecular complexity index is 455. The molecule has 2 N–H and O–H groups in total. The molecule has 0 bridgehead atoms. The first-order valence-corrected chi connectivity index (χ1v) is 6.91. The van der Waals surface area contributed by atoms with Gasteiger partial charge in [-0.3, -0.25) is 4.79 Å². The van der Waals surface area contributed by atoms with Gasteiger partial charge in [-0.2, -0.15) is 0 Å². The summed E-state index contributed by atoms with van der Waals surface area (Å²) in [5, 5.41) is 13.0. The van der Waals surface area contributed by atoms with Crippen LogP contribution in [0.5, 0.6) is 5.75 Å². The third kappa shape index (κ3) is 2.59. The summed E-state index contributed by atoms with van der Waals surface area (Å²) < 4.78 is 5.62. The predicted molar refractivity (Wildman–Crippen MR) is 71.0 cm³/mol. The zero-order chi connectivity index (χ0) is 13.3. The smallest absolute Gasteiger partial charge is 0.261 e. The standard InChI is InChI=1S/C15H19NO3/c17-14(16-10-15(18)7-3-4-8-15)13-9-11-5-1-2-6-12(11)19-13/h1-2,5-6,13,18H,3-4,7-10H2,(H,16,17). The summed E-state index contributed by atoms with van der Waals surface area (Å²) in [6, 6.07) is 7.71. The normalized spacial score (nSPS) is 23.7. The van der Waals surface area contributed by atoms with Crippen molar-refractivity contribution in [1.29, 1.82) is 0 Å². The largest absolute Gasteiger partial charge is 0.480 e. The number of rotatable bonds is 3. The van der Waals surface area contributed by atoms with Gasteiger partial charge in [-0.25, -0.2) is 0 Å². The van der Waals surface area contributed by atoms with Crippen molar-refractivity contribution in [1.82, 2.24) is 5.32 Å². The molecule has 1 aromatic rings. The molecule has 2 aliphatic rings. The van der Waals surface area contributed by atoms with E-state index in [1.807, 2.05) is 24.3 Å². The van der Waals surface area contributed by atoms with Crippen molar-refractivity contribution < 1.29 is 14.6 Å². The number of aliphatic hydroxyl groups is 1. The molecule has 1 aromatic carbocycles. The Morgan fingerprint density at radius 1 is 1.37 bits per heavy atom. The molecule has 0 saturated heterocycles. The lowest BCUT2D eigenvalue weighted by molar-refractivity contribution is -0.128. The van der Waals surface area contributed by atoms with E-state index >= 15 is 0 Å². The first kappa shape index (κ1) is 12.5. The summed E-state index contributed by atoms with van der Waals surface area (Å²) >= 11 is 0. The number of carbonyl (C=O) groups is 1. The molecule has 0 aromatic heterocycles. The third-order valence-electron chi connectivity index (χ3n) is 4.07. The molecule has 1 aliphatic carbocycles. The summed E-state index contributed by atoms with van der Waals surface area (Å²) in [7, 11) is 0. The van der Waals surface area contributed by atoms with Crippen LogP contribution in [0.15, 0.2) is 24.3 Å². The average Bonchev–Trinajstić information content (AvgIpc) is 3.02. The van der Waals surface area contributed by atoms with Crippen LogP contribution in [0.4, 0.5) is 0 Å². The van der Waals surface area contributed by atoms with E-state index < -0.39 is 11.7 Å². The van der Waals surface area contributed by atoms with Crippen molar-refractivity contribution in [3.8, 4) is 5.75 Å². The van der Waals surface area contributed by atoms with E-state index in [4.69, 9.17) is 4.74 Å². The van der Waals surface area contributed by atoms with Crippen molar-refractivity contribution in [2.24, 2.45) is 0 Å². The molecule has 0 radical (unpaired) electrons. The van der Waals surface area contributed by atoms with Gasteiger partial charge >= 0.3 is 0 Å². The Hall–Kier alpha value is -1.55.